The summed E-state index contributed by atoms with van der Waals surface area (Å²) in [5.74, 6) is -0.167. The van der Waals surface area contributed by atoms with Gasteiger partial charge < -0.3 is 9.88 Å². The Kier molecular flexibility index (Phi) is 4.77. The molecule has 0 aliphatic heterocycles. The third kappa shape index (κ3) is 3.91. The van der Waals surface area contributed by atoms with Gasteiger partial charge in [0.2, 0.25) is 0 Å². The van der Waals surface area contributed by atoms with Gasteiger partial charge in [0.05, 0.1) is 6.54 Å². The maximum absolute atomic E-state index is 13.8. The van der Waals surface area contributed by atoms with E-state index in [-0.39, 0.29) is 5.82 Å². The van der Waals surface area contributed by atoms with Crippen molar-refractivity contribution < 1.29 is 4.39 Å². The van der Waals surface area contributed by atoms with Crippen LogP contribution in [-0.2, 0) is 13.1 Å². The van der Waals surface area contributed by atoms with Crippen molar-refractivity contribution in [1.82, 2.24) is 9.88 Å². The summed E-state index contributed by atoms with van der Waals surface area (Å²) in [6.07, 6.45) is 1.98. The van der Waals surface area contributed by atoms with Crippen LogP contribution in [0.25, 0.3) is 0 Å². The lowest BCUT2D eigenvalue weighted by Gasteiger charge is -2.13. The van der Waals surface area contributed by atoms with Crippen molar-refractivity contribution in [3.05, 3.63) is 58.1 Å². The maximum Gasteiger partial charge on any atom is 0.128 e. The predicted octanol–water partition coefficient (Wildman–Crippen LogP) is 3.94. The first-order valence-electron chi connectivity index (χ1n) is 6.37. The molecule has 1 heterocycles. The van der Waals surface area contributed by atoms with E-state index in [0.29, 0.717) is 18.2 Å². The first-order valence-corrected chi connectivity index (χ1v) is 7.17. The molecule has 1 N–H and O–H groups in total. The summed E-state index contributed by atoms with van der Waals surface area (Å²) in [5.41, 5.74) is 1.85. The fraction of sp³-hybridized carbons (Fsp3) is 0.333. The molecule has 0 unspecified atom stereocenters. The summed E-state index contributed by atoms with van der Waals surface area (Å²) in [7, 11) is 0. The van der Waals surface area contributed by atoms with E-state index >= 15 is 0 Å². The van der Waals surface area contributed by atoms with E-state index in [4.69, 9.17) is 0 Å². The summed E-state index contributed by atoms with van der Waals surface area (Å²) in [5, 5.41) is 3.38. The summed E-state index contributed by atoms with van der Waals surface area (Å²) in [6.45, 7) is 5.57. The Labute approximate surface area is 121 Å². The topological polar surface area (TPSA) is 17.0 Å². The number of halogens is 2. The lowest BCUT2D eigenvalue weighted by Crippen LogP contribution is -2.23. The largest absolute Gasteiger partial charge is 0.346 e. The summed E-state index contributed by atoms with van der Waals surface area (Å²) < 4.78 is 16.7. The van der Waals surface area contributed by atoms with Gasteiger partial charge in [0.1, 0.15) is 5.82 Å². The molecule has 0 bridgehead atoms. The summed E-state index contributed by atoms with van der Waals surface area (Å²) in [6, 6.07) is 9.53. The quantitative estimate of drug-likeness (QED) is 0.881. The SMILES string of the molecule is CC(C)NCc1cccn1Cc1cc(Br)ccc1F. The van der Waals surface area contributed by atoms with Crippen LogP contribution in [0, 0.1) is 5.82 Å². The van der Waals surface area contributed by atoms with Crippen molar-refractivity contribution in [3.8, 4) is 0 Å². The van der Waals surface area contributed by atoms with Crippen LogP contribution in [0.1, 0.15) is 25.1 Å². The first kappa shape index (κ1) is 14.3. The summed E-state index contributed by atoms with van der Waals surface area (Å²) in [4.78, 5) is 0. The van der Waals surface area contributed by atoms with Gasteiger partial charge in [-0.3, -0.25) is 0 Å². The van der Waals surface area contributed by atoms with Crippen molar-refractivity contribution in [2.75, 3.05) is 0 Å². The number of hydrogen-bond acceptors (Lipinski definition) is 1. The Morgan fingerprint density at radius 3 is 2.84 bits per heavy atom. The highest BCUT2D eigenvalue weighted by Crippen LogP contribution is 2.17. The van der Waals surface area contributed by atoms with Gasteiger partial charge >= 0.3 is 0 Å². The van der Waals surface area contributed by atoms with E-state index in [2.05, 4.69) is 45.7 Å². The first-order chi connectivity index (χ1) is 9.06. The Morgan fingerprint density at radius 2 is 2.11 bits per heavy atom. The fourth-order valence-corrected chi connectivity index (χ4v) is 2.33. The number of benzene rings is 1. The van der Waals surface area contributed by atoms with Crippen molar-refractivity contribution in [1.29, 1.82) is 0 Å². The molecule has 2 aromatic rings. The third-order valence-electron chi connectivity index (χ3n) is 2.96. The second-order valence-corrected chi connectivity index (χ2v) is 5.81. The van der Waals surface area contributed by atoms with Gasteiger partial charge in [-0.15, -0.1) is 0 Å². The smallest absolute Gasteiger partial charge is 0.128 e. The van der Waals surface area contributed by atoms with Crippen LogP contribution in [0.5, 0.6) is 0 Å². The molecule has 0 fully saturated rings. The molecule has 0 atom stereocenters. The average molecular weight is 325 g/mol. The van der Waals surface area contributed by atoms with Gasteiger partial charge in [-0.2, -0.15) is 0 Å². The lowest BCUT2D eigenvalue weighted by molar-refractivity contribution is 0.556. The van der Waals surface area contributed by atoms with Crippen LogP contribution in [-0.4, -0.2) is 10.6 Å². The maximum atomic E-state index is 13.8. The molecule has 0 amide bonds. The number of nitrogens with zero attached hydrogens (tertiary/aromatic N) is 1. The van der Waals surface area contributed by atoms with Crippen molar-refractivity contribution >= 4 is 15.9 Å². The second-order valence-electron chi connectivity index (χ2n) is 4.90. The Hall–Kier alpha value is -1.13. The minimum atomic E-state index is -0.167. The summed E-state index contributed by atoms with van der Waals surface area (Å²) >= 11 is 3.38. The molecule has 0 aliphatic rings. The average Bonchev–Trinajstić information content (AvgIpc) is 2.79. The molecular formula is C15H18BrFN2. The molecule has 19 heavy (non-hydrogen) atoms. The van der Waals surface area contributed by atoms with E-state index in [9.17, 15) is 4.39 Å². The van der Waals surface area contributed by atoms with Crippen LogP contribution in [0.4, 0.5) is 4.39 Å². The van der Waals surface area contributed by atoms with Crippen LogP contribution in [0.2, 0.25) is 0 Å². The zero-order valence-electron chi connectivity index (χ0n) is 11.2. The zero-order valence-corrected chi connectivity index (χ0v) is 12.7. The minimum Gasteiger partial charge on any atom is -0.346 e. The van der Waals surface area contributed by atoms with Crippen LogP contribution < -0.4 is 5.32 Å². The third-order valence-corrected chi connectivity index (χ3v) is 3.46. The lowest BCUT2D eigenvalue weighted by atomic mass is 10.2. The van der Waals surface area contributed by atoms with Gasteiger partial charge in [-0.1, -0.05) is 29.8 Å². The molecule has 0 aliphatic carbocycles. The van der Waals surface area contributed by atoms with Crippen LogP contribution in [0.3, 0.4) is 0 Å². The monoisotopic (exact) mass is 324 g/mol. The zero-order chi connectivity index (χ0) is 13.8. The molecule has 1 aromatic heterocycles. The predicted molar refractivity (Wildman–Crippen MR) is 79.6 cm³/mol. The van der Waals surface area contributed by atoms with Gasteiger partial charge in [-0.25, -0.2) is 4.39 Å². The molecule has 0 radical (unpaired) electrons. The molecule has 2 rings (SSSR count). The molecule has 0 saturated carbocycles. The molecule has 4 heteroatoms. The normalized spacial score (nSPS) is 11.2. The Bertz CT molecular complexity index is 549. The number of aromatic nitrogens is 1. The highest BCUT2D eigenvalue weighted by Gasteiger charge is 2.07. The highest BCUT2D eigenvalue weighted by molar-refractivity contribution is 9.10. The molecule has 0 spiro atoms. The van der Waals surface area contributed by atoms with Gasteiger partial charge in [0.25, 0.3) is 0 Å². The minimum absolute atomic E-state index is 0.167. The van der Waals surface area contributed by atoms with Gasteiger partial charge in [-0.05, 0) is 30.3 Å². The Balaban J connectivity index is 2.15. The standard InChI is InChI=1S/C15H18BrFN2/c1-11(2)18-9-14-4-3-7-19(14)10-12-8-13(16)5-6-15(12)17/h3-8,11,18H,9-10H2,1-2H3. The molecule has 102 valence electrons. The second kappa shape index (κ2) is 6.35. The van der Waals surface area contributed by atoms with Crippen molar-refractivity contribution in [3.63, 3.8) is 0 Å². The molecule has 2 nitrogen and oxygen atoms in total. The Morgan fingerprint density at radius 1 is 1.32 bits per heavy atom. The number of rotatable bonds is 5. The van der Waals surface area contributed by atoms with Gasteiger partial charge in [0, 0.05) is 34.5 Å². The van der Waals surface area contributed by atoms with E-state index in [0.717, 1.165) is 16.7 Å². The van der Waals surface area contributed by atoms with E-state index in [1.54, 1.807) is 6.07 Å². The number of nitrogens with one attached hydrogen (secondary N) is 1. The molecule has 0 saturated heterocycles. The van der Waals surface area contributed by atoms with E-state index in [1.165, 1.54) is 6.07 Å². The van der Waals surface area contributed by atoms with Crippen molar-refractivity contribution in [2.24, 2.45) is 0 Å². The van der Waals surface area contributed by atoms with Crippen LogP contribution >= 0.6 is 15.9 Å². The molecule has 1 aromatic carbocycles. The highest BCUT2D eigenvalue weighted by atomic mass is 79.9. The van der Waals surface area contributed by atoms with Gasteiger partial charge in [0.15, 0.2) is 0 Å². The van der Waals surface area contributed by atoms with E-state index < -0.39 is 0 Å². The van der Waals surface area contributed by atoms with Crippen LogP contribution in [0.15, 0.2) is 41.0 Å². The van der Waals surface area contributed by atoms with Crippen molar-refractivity contribution in [2.45, 2.75) is 33.0 Å². The molecular weight excluding hydrogens is 307 g/mol. The fourth-order valence-electron chi connectivity index (χ4n) is 1.92. The van der Waals surface area contributed by atoms with E-state index in [1.807, 2.05) is 18.3 Å². The number of hydrogen-bond donors (Lipinski definition) is 1.